The van der Waals surface area contributed by atoms with Crippen molar-refractivity contribution in [1.82, 2.24) is 5.32 Å². The molecule has 0 aromatic carbocycles. The fraction of sp³-hybridized carbons (Fsp3) is 0.909. The Labute approximate surface area is 104 Å². The van der Waals surface area contributed by atoms with Gasteiger partial charge in [0.2, 0.25) is 5.91 Å². The summed E-state index contributed by atoms with van der Waals surface area (Å²) in [4.78, 5) is 11.3. The average Bonchev–Trinajstić information content (AvgIpc) is 2.27. The van der Waals surface area contributed by atoms with Crippen LogP contribution in [-0.4, -0.2) is 31.8 Å². The van der Waals surface area contributed by atoms with Gasteiger partial charge in [-0.2, -0.15) is 0 Å². The van der Waals surface area contributed by atoms with E-state index >= 15 is 0 Å². The van der Waals surface area contributed by atoms with Crippen molar-refractivity contribution < 1.29 is 18.4 Å². The number of carbonyl (C=O) groups is 1. The quantitative estimate of drug-likeness (QED) is 0.616. The lowest BCUT2D eigenvalue weighted by atomic mass is 10.2. The Kier molecular flexibility index (Phi) is 9.41. The van der Waals surface area contributed by atoms with Crippen molar-refractivity contribution in [3.63, 3.8) is 0 Å². The molecular formula is C11H24NO4P. The lowest BCUT2D eigenvalue weighted by molar-refractivity contribution is -0.121. The van der Waals surface area contributed by atoms with Gasteiger partial charge in [-0.05, 0) is 20.3 Å². The van der Waals surface area contributed by atoms with Gasteiger partial charge in [-0.15, -0.1) is 0 Å². The molecule has 0 fully saturated rings. The van der Waals surface area contributed by atoms with Gasteiger partial charge in [-0.1, -0.05) is 13.3 Å². The maximum Gasteiger partial charge on any atom is 0.332 e. The minimum atomic E-state index is -3.02. The van der Waals surface area contributed by atoms with Crippen LogP contribution in [0.2, 0.25) is 0 Å². The van der Waals surface area contributed by atoms with Gasteiger partial charge in [-0.25, -0.2) is 0 Å². The van der Waals surface area contributed by atoms with Gasteiger partial charge in [0.05, 0.1) is 19.4 Å². The van der Waals surface area contributed by atoms with E-state index in [4.69, 9.17) is 9.05 Å². The van der Waals surface area contributed by atoms with Gasteiger partial charge < -0.3 is 14.4 Å². The van der Waals surface area contributed by atoms with Crippen LogP contribution >= 0.6 is 7.60 Å². The van der Waals surface area contributed by atoms with E-state index in [2.05, 4.69) is 5.32 Å². The molecule has 0 radical (unpaired) electrons. The first-order valence-electron chi connectivity index (χ1n) is 6.22. The Morgan fingerprint density at radius 3 is 2.24 bits per heavy atom. The van der Waals surface area contributed by atoms with Gasteiger partial charge in [0.1, 0.15) is 0 Å². The zero-order valence-corrected chi connectivity index (χ0v) is 11.9. The summed E-state index contributed by atoms with van der Waals surface area (Å²) in [7, 11) is -3.02. The molecule has 0 aliphatic rings. The third-order valence-corrected chi connectivity index (χ3v) is 4.19. The summed E-state index contributed by atoms with van der Waals surface area (Å²) < 4.78 is 22.2. The molecule has 0 rings (SSSR count). The van der Waals surface area contributed by atoms with Crippen molar-refractivity contribution in [2.24, 2.45) is 0 Å². The topological polar surface area (TPSA) is 64.6 Å². The molecule has 0 bridgehead atoms. The van der Waals surface area contributed by atoms with Crippen LogP contribution in [0.3, 0.4) is 0 Å². The Morgan fingerprint density at radius 2 is 1.76 bits per heavy atom. The van der Waals surface area contributed by atoms with E-state index in [0.29, 0.717) is 26.2 Å². The normalized spacial score (nSPS) is 11.5. The molecular weight excluding hydrogens is 241 g/mol. The van der Waals surface area contributed by atoms with Gasteiger partial charge in [0.25, 0.3) is 0 Å². The van der Waals surface area contributed by atoms with Crippen LogP contribution in [0.5, 0.6) is 0 Å². The average molecular weight is 265 g/mol. The molecule has 102 valence electrons. The Hall–Kier alpha value is -0.380. The maximum absolute atomic E-state index is 12.0. The molecule has 5 nitrogen and oxygen atoms in total. The molecule has 6 heteroatoms. The minimum Gasteiger partial charge on any atom is -0.355 e. The van der Waals surface area contributed by atoms with Gasteiger partial charge >= 0.3 is 7.60 Å². The monoisotopic (exact) mass is 265 g/mol. The fourth-order valence-electron chi connectivity index (χ4n) is 1.32. The molecule has 1 N–H and O–H groups in total. The zero-order chi connectivity index (χ0) is 13.1. The fourth-order valence-corrected chi connectivity index (χ4v) is 2.82. The highest BCUT2D eigenvalue weighted by Crippen LogP contribution is 2.47. The van der Waals surface area contributed by atoms with E-state index in [1.54, 1.807) is 13.8 Å². The molecule has 0 spiro atoms. The second kappa shape index (κ2) is 9.63. The summed E-state index contributed by atoms with van der Waals surface area (Å²) in [5.74, 6) is -0.00797. The molecule has 0 unspecified atom stereocenters. The first kappa shape index (κ1) is 16.6. The smallest absolute Gasteiger partial charge is 0.332 e. The molecule has 17 heavy (non-hydrogen) atoms. The van der Waals surface area contributed by atoms with Gasteiger partial charge in [0, 0.05) is 13.0 Å². The van der Waals surface area contributed by atoms with Crippen molar-refractivity contribution in [2.45, 2.75) is 40.0 Å². The largest absolute Gasteiger partial charge is 0.355 e. The van der Waals surface area contributed by atoms with Crippen LogP contribution in [0.4, 0.5) is 0 Å². The van der Waals surface area contributed by atoms with Crippen molar-refractivity contribution >= 4 is 13.5 Å². The standard InChI is InChI=1S/C11H24NO4P/c1-4-7-8-11(13)12-9-10-17(14,15-5-2)16-6-3/h4-10H2,1-3H3,(H,12,13). The van der Waals surface area contributed by atoms with Gasteiger partial charge in [-0.3, -0.25) is 9.36 Å². The number of hydrogen-bond donors (Lipinski definition) is 1. The molecule has 0 aliphatic carbocycles. The van der Waals surface area contributed by atoms with E-state index in [1.165, 1.54) is 0 Å². The molecule has 0 saturated carbocycles. The summed E-state index contributed by atoms with van der Waals surface area (Å²) in [6, 6.07) is 0. The SMILES string of the molecule is CCCCC(=O)NCCP(=O)(OCC)OCC. The summed E-state index contributed by atoms with van der Waals surface area (Å²) >= 11 is 0. The predicted octanol–water partition coefficient (Wildman–Crippen LogP) is 2.56. The van der Waals surface area contributed by atoms with Crippen molar-refractivity contribution in [1.29, 1.82) is 0 Å². The molecule has 0 aromatic heterocycles. The number of rotatable bonds is 10. The molecule has 0 aromatic rings. The van der Waals surface area contributed by atoms with Crippen molar-refractivity contribution in [3.05, 3.63) is 0 Å². The number of unbranched alkanes of at least 4 members (excludes halogenated alkanes) is 1. The molecule has 0 saturated heterocycles. The summed E-state index contributed by atoms with van der Waals surface area (Å²) in [5, 5.41) is 2.72. The second-order valence-electron chi connectivity index (χ2n) is 3.62. The molecule has 0 heterocycles. The predicted molar refractivity (Wildman–Crippen MR) is 68.3 cm³/mol. The van der Waals surface area contributed by atoms with Crippen LogP contribution in [0, 0.1) is 0 Å². The summed E-state index contributed by atoms with van der Waals surface area (Å²) in [6.07, 6.45) is 2.61. The zero-order valence-electron chi connectivity index (χ0n) is 11.0. The lowest BCUT2D eigenvalue weighted by Gasteiger charge is -2.16. The Balaban J connectivity index is 3.89. The number of hydrogen-bond acceptors (Lipinski definition) is 4. The Bertz CT molecular complexity index is 248. The van der Waals surface area contributed by atoms with Crippen LogP contribution < -0.4 is 5.32 Å². The number of carbonyl (C=O) groups excluding carboxylic acids is 1. The van der Waals surface area contributed by atoms with Crippen molar-refractivity contribution in [3.8, 4) is 0 Å². The molecule has 0 atom stereocenters. The van der Waals surface area contributed by atoms with Gasteiger partial charge in [0.15, 0.2) is 0 Å². The third-order valence-electron chi connectivity index (χ3n) is 2.12. The Morgan fingerprint density at radius 1 is 1.18 bits per heavy atom. The van der Waals surface area contributed by atoms with E-state index in [9.17, 15) is 9.36 Å². The van der Waals surface area contributed by atoms with E-state index in [-0.39, 0.29) is 12.1 Å². The minimum absolute atomic E-state index is 0.00797. The van der Waals surface area contributed by atoms with Crippen molar-refractivity contribution in [2.75, 3.05) is 25.9 Å². The highest BCUT2D eigenvalue weighted by molar-refractivity contribution is 7.53. The number of nitrogens with one attached hydrogen (secondary N) is 1. The second-order valence-corrected chi connectivity index (χ2v) is 5.81. The van der Waals surface area contributed by atoms with E-state index < -0.39 is 7.60 Å². The van der Waals surface area contributed by atoms with Crippen LogP contribution in [0.15, 0.2) is 0 Å². The third kappa shape index (κ3) is 8.36. The summed E-state index contributed by atoms with van der Waals surface area (Å²) in [6.45, 7) is 6.60. The highest BCUT2D eigenvalue weighted by atomic mass is 31.2. The molecule has 1 amide bonds. The number of amides is 1. The van der Waals surface area contributed by atoms with Crippen LogP contribution in [-0.2, 0) is 18.4 Å². The van der Waals surface area contributed by atoms with E-state index in [0.717, 1.165) is 12.8 Å². The van der Waals surface area contributed by atoms with E-state index in [1.807, 2.05) is 6.92 Å². The first-order chi connectivity index (χ1) is 8.08. The lowest BCUT2D eigenvalue weighted by Crippen LogP contribution is -2.26. The molecule has 0 aliphatic heterocycles. The highest BCUT2D eigenvalue weighted by Gasteiger charge is 2.22. The maximum atomic E-state index is 12.0. The summed E-state index contributed by atoms with van der Waals surface area (Å²) in [5.41, 5.74) is 0. The van der Waals surface area contributed by atoms with Crippen LogP contribution in [0.25, 0.3) is 0 Å². The first-order valence-corrected chi connectivity index (χ1v) is 7.95. The van der Waals surface area contributed by atoms with Crippen LogP contribution in [0.1, 0.15) is 40.0 Å².